The van der Waals surface area contributed by atoms with E-state index in [0.717, 1.165) is 5.56 Å². The van der Waals surface area contributed by atoms with Crippen LogP contribution in [-0.4, -0.2) is 23.7 Å². The van der Waals surface area contributed by atoms with Gasteiger partial charge in [-0.15, -0.1) is 0 Å². The van der Waals surface area contributed by atoms with Crippen LogP contribution in [0.1, 0.15) is 43.9 Å². The van der Waals surface area contributed by atoms with Crippen molar-refractivity contribution < 1.29 is 9.90 Å². The fraction of sp³-hybridized carbons (Fsp3) is 0.588. The van der Waals surface area contributed by atoms with Crippen molar-refractivity contribution in [3.63, 3.8) is 0 Å². The average molecular weight is 277 g/mol. The molecule has 0 aliphatic heterocycles. The Labute approximate surface area is 122 Å². The Balaban J connectivity index is 2.68. The highest BCUT2D eigenvalue weighted by Crippen LogP contribution is 2.21. The van der Waals surface area contributed by atoms with Gasteiger partial charge >= 0.3 is 0 Å². The molecule has 112 valence electrons. The van der Waals surface area contributed by atoms with Crippen molar-refractivity contribution in [1.29, 1.82) is 0 Å². The molecule has 0 saturated carbocycles. The summed E-state index contributed by atoms with van der Waals surface area (Å²) in [6.45, 7) is 10.4. The summed E-state index contributed by atoms with van der Waals surface area (Å²) in [6, 6.07) is 6.10. The first-order chi connectivity index (χ1) is 9.24. The van der Waals surface area contributed by atoms with Crippen molar-refractivity contribution in [2.24, 2.45) is 5.41 Å². The molecule has 0 aliphatic carbocycles. The number of aryl methyl sites for hydroxylation is 2. The highest BCUT2D eigenvalue weighted by molar-refractivity contribution is 5.79. The predicted molar refractivity (Wildman–Crippen MR) is 82.7 cm³/mol. The molecule has 1 aromatic rings. The molecule has 1 atom stereocenters. The second-order valence-electron chi connectivity index (χ2n) is 6.59. The van der Waals surface area contributed by atoms with Crippen LogP contribution in [0.25, 0.3) is 0 Å². The van der Waals surface area contributed by atoms with Gasteiger partial charge in [-0.05, 0) is 42.4 Å². The van der Waals surface area contributed by atoms with Crippen LogP contribution in [0.2, 0.25) is 0 Å². The van der Waals surface area contributed by atoms with Crippen molar-refractivity contribution >= 4 is 5.91 Å². The lowest BCUT2D eigenvalue weighted by atomic mass is 9.85. The summed E-state index contributed by atoms with van der Waals surface area (Å²) < 4.78 is 0. The first-order valence-corrected chi connectivity index (χ1v) is 7.20. The molecule has 0 radical (unpaired) electrons. The maximum absolute atomic E-state index is 12.1. The third-order valence-corrected chi connectivity index (χ3v) is 3.73. The van der Waals surface area contributed by atoms with E-state index in [2.05, 4.69) is 46.0 Å². The number of rotatable bonds is 5. The molecule has 0 bridgehead atoms. The smallest absolute Gasteiger partial charge is 0.224 e. The van der Waals surface area contributed by atoms with Crippen molar-refractivity contribution in [1.82, 2.24) is 5.32 Å². The molecule has 0 saturated heterocycles. The molecule has 0 aromatic heterocycles. The number of nitrogens with one attached hydrogen (secondary N) is 1. The van der Waals surface area contributed by atoms with E-state index >= 15 is 0 Å². The van der Waals surface area contributed by atoms with Gasteiger partial charge in [0.2, 0.25) is 5.91 Å². The lowest BCUT2D eigenvalue weighted by molar-refractivity contribution is -0.122. The number of hydrogen-bond donors (Lipinski definition) is 2. The summed E-state index contributed by atoms with van der Waals surface area (Å²) in [5.74, 6) is 0.0154. The first-order valence-electron chi connectivity index (χ1n) is 7.20. The van der Waals surface area contributed by atoms with E-state index in [-0.39, 0.29) is 24.0 Å². The standard InChI is InChI=1S/C17H27NO2/c1-12-6-7-14(10-13(12)2)11-16(20)18-15(8-9-19)17(3,4)5/h6-7,10,15,19H,8-9,11H2,1-5H3,(H,18,20). The Morgan fingerprint density at radius 1 is 1.25 bits per heavy atom. The number of benzene rings is 1. The summed E-state index contributed by atoms with van der Waals surface area (Å²) in [5.41, 5.74) is 3.42. The Kier molecular flexibility index (Phi) is 5.75. The molecule has 2 N–H and O–H groups in total. The van der Waals surface area contributed by atoms with Crippen molar-refractivity contribution in [3.05, 3.63) is 34.9 Å². The largest absolute Gasteiger partial charge is 0.396 e. The third-order valence-electron chi connectivity index (χ3n) is 3.73. The highest BCUT2D eigenvalue weighted by atomic mass is 16.3. The van der Waals surface area contributed by atoms with Gasteiger partial charge in [0.15, 0.2) is 0 Å². The minimum Gasteiger partial charge on any atom is -0.396 e. The molecule has 0 heterocycles. The monoisotopic (exact) mass is 277 g/mol. The normalized spacial score (nSPS) is 13.1. The first kappa shape index (κ1) is 16.7. The number of aliphatic hydroxyl groups is 1. The van der Waals surface area contributed by atoms with Gasteiger partial charge in [-0.2, -0.15) is 0 Å². The molecule has 0 spiro atoms. The molecule has 3 nitrogen and oxygen atoms in total. The van der Waals surface area contributed by atoms with Crippen LogP contribution in [0.5, 0.6) is 0 Å². The molecule has 20 heavy (non-hydrogen) atoms. The molecule has 1 rings (SSSR count). The van der Waals surface area contributed by atoms with Crippen LogP contribution >= 0.6 is 0 Å². The van der Waals surface area contributed by atoms with E-state index in [1.165, 1.54) is 11.1 Å². The zero-order valence-electron chi connectivity index (χ0n) is 13.3. The van der Waals surface area contributed by atoms with Crippen LogP contribution in [0.15, 0.2) is 18.2 Å². The van der Waals surface area contributed by atoms with Gasteiger partial charge in [0.05, 0.1) is 6.42 Å². The number of aliphatic hydroxyl groups excluding tert-OH is 1. The zero-order valence-corrected chi connectivity index (χ0v) is 13.3. The van der Waals surface area contributed by atoms with Crippen molar-refractivity contribution in [3.8, 4) is 0 Å². The molecule has 1 amide bonds. The molecule has 3 heteroatoms. The van der Waals surface area contributed by atoms with Gasteiger partial charge in [-0.25, -0.2) is 0 Å². The fourth-order valence-corrected chi connectivity index (χ4v) is 2.20. The molecule has 1 unspecified atom stereocenters. The topological polar surface area (TPSA) is 49.3 Å². The van der Waals surface area contributed by atoms with Gasteiger partial charge in [0.25, 0.3) is 0 Å². The zero-order chi connectivity index (χ0) is 15.3. The summed E-state index contributed by atoms with van der Waals surface area (Å²) >= 11 is 0. The minimum atomic E-state index is -0.0540. The predicted octanol–water partition coefficient (Wildman–Crippen LogP) is 2.76. The van der Waals surface area contributed by atoms with Gasteiger partial charge in [0, 0.05) is 12.6 Å². The van der Waals surface area contributed by atoms with Crippen LogP contribution in [0, 0.1) is 19.3 Å². The van der Waals surface area contributed by atoms with E-state index < -0.39 is 0 Å². The number of amides is 1. The summed E-state index contributed by atoms with van der Waals surface area (Å²) in [6.07, 6.45) is 0.974. The van der Waals surface area contributed by atoms with Crippen LogP contribution in [-0.2, 0) is 11.2 Å². The lowest BCUT2D eigenvalue weighted by Gasteiger charge is -2.31. The molecular formula is C17H27NO2. The SMILES string of the molecule is Cc1ccc(CC(=O)NC(CCO)C(C)(C)C)cc1C. The van der Waals surface area contributed by atoms with Gasteiger partial charge in [-0.3, -0.25) is 4.79 Å². The molecule has 0 aliphatic rings. The summed E-state index contributed by atoms with van der Waals surface area (Å²) in [5, 5.41) is 12.2. The summed E-state index contributed by atoms with van der Waals surface area (Å²) in [4.78, 5) is 12.1. The van der Waals surface area contributed by atoms with E-state index in [0.29, 0.717) is 12.8 Å². The Bertz CT molecular complexity index is 461. The molecule has 1 aromatic carbocycles. The molecule has 0 fully saturated rings. The quantitative estimate of drug-likeness (QED) is 0.869. The van der Waals surface area contributed by atoms with Crippen LogP contribution in [0.4, 0.5) is 0 Å². The maximum Gasteiger partial charge on any atom is 0.224 e. The number of hydrogen-bond acceptors (Lipinski definition) is 2. The van der Waals surface area contributed by atoms with Crippen LogP contribution < -0.4 is 5.32 Å². The number of carbonyl (C=O) groups is 1. The Morgan fingerprint density at radius 2 is 1.90 bits per heavy atom. The van der Waals surface area contributed by atoms with Crippen LogP contribution in [0.3, 0.4) is 0 Å². The van der Waals surface area contributed by atoms with Gasteiger partial charge < -0.3 is 10.4 Å². The average Bonchev–Trinajstić information content (AvgIpc) is 2.32. The second kappa shape index (κ2) is 6.89. The maximum atomic E-state index is 12.1. The third kappa shape index (κ3) is 4.97. The second-order valence-corrected chi connectivity index (χ2v) is 6.59. The fourth-order valence-electron chi connectivity index (χ4n) is 2.20. The van der Waals surface area contributed by atoms with Gasteiger partial charge in [-0.1, -0.05) is 39.0 Å². The molecular weight excluding hydrogens is 250 g/mol. The Morgan fingerprint density at radius 3 is 2.40 bits per heavy atom. The van der Waals surface area contributed by atoms with Crippen molar-refractivity contribution in [2.75, 3.05) is 6.61 Å². The van der Waals surface area contributed by atoms with Gasteiger partial charge in [0.1, 0.15) is 0 Å². The highest BCUT2D eigenvalue weighted by Gasteiger charge is 2.25. The Hall–Kier alpha value is -1.35. The minimum absolute atomic E-state index is 0.00783. The van der Waals surface area contributed by atoms with E-state index in [1.54, 1.807) is 0 Å². The lowest BCUT2D eigenvalue weighted by Crippen LogP contribution is -2.44. The van der Waals surface area contributed by atoms with Crippen molar-refractivity contribution in [2.45, 2.75) is 53.5 Å². The number of carbonyl (C=O) groups excluding carboxylic acids is 1. The summed E-state index contributed by atoms with van der Waals surface area (Å²) in [7, 11) is 0. The van der Waals surface area contributed by atoms with E-state index in [9.17, 15) is 4.79 Å². The van der Waals surface area contributed by atoms with E-state index in [4.69, 9.17) is 5.11 Å². The van der Waals surface area contributed by atoms with E-state index in [1.807, 2.05) is 12.1 Å².